The largest absolute Gasteiger partial charge is 0.451 e. The molecule has 6 nitrogen and oxygen atoms in total. The molecule has 0 saturated carbocycles. The molecule has 0 aromatic heterocycles. The number of hydrogen-bond acceptors (Lipinski definition) is 6. The molecule has 0 amide bonds. The first-order chi connectivity index (χ1) is 15.3. The van der Waals surface area contributed by atoms with Crippen molar-refractivity contribution >= 4 is 29.2 Å². The molecule has 0 radical (unpaired) electrons. The lowest BCUT2D eigenvalue weighted by molar-refractivity contribution is -0.148. The van der Waals surface area contributed by atoms with E-state index in [0.717, 1.165) is 11.1 Å². The Balaban J connectivity index is 1.60. The fourth-order valence-corrected chi connectivity index (χ4v) is 3.87. The van der Waals surface area contributed by atoms with Gasteiger partial charge in [0.15, 0.2) is 12.4 Å². The molecule has 4 rings (SSSR count). The maximum absolute atomic E-state index is 12.9. The highest BCUT2D eigenvalue weighted by atomic mass is 35.5. The molecule has 1 aliphatic heterocycles. The van der Waals surface area contributed by atoms with Crippen LogP contribution in [0, 0.1) is 0 Å². The van der Waals surface area contributed by atoms with Crippen LogP contribution in [0.4, 0.5) is 0 Å². The van der Waals surface area contributed by atoms with E-state index in [1.54, 1.807) is 30.3 Å². The van der Waals surface area contributed by atoms with E-state index in [2.05, 4.69) is 0 Å². The van der Waals surface area contributed by atoms with Crippen LogP contribution in [-0.4, -0.2) is 45.9 Å². The Bertz CT molecular complexity index is 1090. The van der Waals surface area contributed by atoms with Crippen molar-refractivity contribution in [2.24, 2.45) is 0 Å². The van der Waals surface area contributed by atoms with Gasteiger partial charge in [-0.2, -0.15) is 0 Å². The maximum Gasteiger partial charge on any atom is 0.338 e. The van der Waals surface area contributed by atoms with Crippen LogP contribution in [0.25, 0.3) is 11.1 Å². The average molecular weight is 475 g/mol. The predicted molar refractivity (Wildman–Crippen MR) is 119 cm³/mol. The maximum atomic E-state index is 12.9. The second-order valence-electron chi connectivity index (χ2n) is 7.42. The number of halogens is 2. The quantitative estimate of drug-likeness (QED) is 0.483. The molecule has 32 heavy (non-hydrogen) atoms. The summed E-state index contributed by atoms with van der Waals surface area (Å²) in [6.07, 6.45) is -7.03. The molecule has 5 atom stereocenters. The van der Waals surface area contributed by atoms with Crippen molar-refractivity contribution in [3.05, 3.63) is 94.0 Å². The molecule has 1 heterocycles. The highest BCUT2D eigenvalue weighted by Gasteiger charge is 2.47. The summed E-state index contributed by atoms with van der Waals surface area (Å²) in [5.74, 6) is -0.674. The first-order valence-electron chi connectivity index (χ1n) is 9.86. The van der Waals surface area contributed by atoms with Crippen LogP contribution in [0.1, 0.15) is 22.0 Å². The van der Waals surface area contributed by atoms with Crippen LogP contribution in [0.3, 0.4) is 0 Å². The van der Waals surface area contributed by atoms with Gasteiger partial charge in [-0.1, -0.05) is 71.7 Å². The zero-order valence-electron chi connectivity index (χ0n) is 16.6. The number of carbonyl (C=O) groups is 1. The molecule has 0 spiro atoms. The van der Waals surface area contributed by atoms with Gasteiger partial charge in [0.05, 0.1) is 15.6 Å². The molecular formula is C24H20Cl2O6. The van der Waals surface area contributed by atoms with E-state index in [4.69, 9.17) is 32.7 Å². The number of benzene rings is 3. The van der Waals surface area contributed by atoms with Crippen molar-refractivity contribution in [3.63, 3.8) is 0 Å². The van der Waals surface area contributed by atoms with Crippen LogP contribution >= 0.6 is 23.2 Å². The van der Waals surface area contributed by atoms with Gasteiger partial charge in [-0.15, -0.1) is 0 Å². The Labute approximate surface area is 194 Å². The van der Waals surface area contributed by atoms with Gasteiger partial charge >= 0.3 is 5.97 Å². The summed E-state index contributed by atoms with van der Waals surface area (Å²) in [4.78, 5) is 12.9. The van der Waals surface area contributed by atoms with Gasteiger partial charge in [0.2, 0.25) is 0 Å². The van der Waals surface area contributed by atoms with Crippen molar-refractivity contribution in [1.29, 1.82) is 0 Å². The van der Waals surface area contributed by atoms with Gasteiger partial charge in [-0.3, -0.25) is 0 Å². The average Bonchev–Trinajstić information content (AvgIpc) is 3.07. The summed E-state index contributed by atoms with van der Waals surface area (Å²) in [5, 5.41) is 30.6. The molecule has 1 unspecified atom stereocenters. The number of carbonyl (C=O) groups excluding carboxylic acids is 1. The molecule has 1 fully saturated rings. The normalized spacial score (nSPS) is 23.7. The Morgan fingerprint density at radius 1 is 0.844 bits per heavy atom. The van der Waals surface area contributed by atoms with E-state index in [1.807, 2.05) is 30.3 Å². The molecule has 8 heteroatoms. The molecule has 1 saturated heterocycles. The van der Waals surface area contributed by atoms with Gasteiger partial charge in [0.25, 0.3) is 0 Å². The topological polar surface area (TPSA) is 96.2 Å². The number of rotatable bonds is 5. The molecular weight excluding hydrogens is 455 g/mol. The number of aliphatic hydroxyl groups excluding tert-OH is 3. The standard InChI is InChI=1S/C24H20Cl2O6/c25-17-11-10-16(12-18(17)26)21(22-19(27)20(28)24(30)32-22)31-23(29)15-8-6-14(7-9-15)13-4-2-1-3-5-13/h1-12,19-22,24,27-28,30H/t19-,20+,21?,22-,24+/m0/s1. The molecule has 0 bridgehead atoms. The Morgan fingerprint density at radius 3 is 2.09 bits per heavy atom. The third kappa shape index (κ3) is 4.66. The highest BCUT2D eigenvalue weighted by Crippen LogP contribution is 2.36. The van der Waals surface area contributed by atoms with Gasteiger partial charge in [0, 0.05) is 0 Å². The number of esters is 1. The fraction of sp³-hybridized carbons (Fsp3) is 0.208. The first-order valence-corrected chi connectivity index (χ1v) is 10.6. The van der Waals surface area contributed by atoms with E-state index < -0.39 is 36.7 Å². The molecule has 3 aromatic rings. The minimum atomic E-state index is -1.62. The van der Waals surface area contributed by atoms with Gasteiger partial charge < -0.3 is 24.8 Å². The van der Waals surface area contributed by atoms with Crippen molar-refractivity contribution in [2.75, 3.05) is 0 Å². The van der Waals surface area contributed by atoms with E-state index in [9.17, 15) is 20.1 Å². The lowest BCUT2D eigenvalue weighted by Crippen LogP contribution is -2.36. The summed E-state index contributed by atoms with van der Waals surface area (Å²) in [6, 6.07) is 21.1. The van der Waals surface area contributed by atoms with Gasteiger partial charge in [-0.05, 0) is 41.0 Å². The molecule has 3 aromatic carbocycles. The first kappa shape index (κ1) is 22.7. The van der Waals surface area contributed by atoms with Crippen LogP contribution in [-0.2, 0) is 9.47 Å². The van der Waals surface area contributed by atoms with Gasteiger partial charge in [-0.25, -0.2) is 4.79 Å². The van der Waals surface area contributed by atoms with E-state index in [-0.39, 0.29) is 10.6 Å². The van der Waals surface area contributed by atoms with Gasteiger partial charge in [0.1, 0.15) is 18.3 Å². The fourth-order valence-electron chi connectivity index (χ4n) is 3.56. The van der Waals surface area contributed by atoms with E-state index in [1.165, 1.54) is 12.1 Å². The minimum absolute atomic E-state index is 0.214. The summed E-state index contributed by atoms with van der Waals surface area (Å²) in [7, 11) is 0. The summed E-state index contributed by atoms with van der Waals surface area (Å²) in [6.45, 7) is 0. The van der Waals surface area contributed by atoms with Crippen molar-refractivity contribution in [3.8, 4) is 11.1 Å². The van der Waals surface area contributed by atoms with E-state index in [0.29, 0.717) is 10.6 Å². The molecule has 1 aliphatic rings. The predicted octanol–water partition coefficient (Wildman–Crippen LogP) is 4.00. The number of ether oxygens (including phenoxy) is 2. The zero-order valence-corrected chi connectivity index (χ0v) is 18.1. The Kier molecular flexibility index (Phi) is 6.81. The summed E-state index contributed by atoms with van der Waals surface area (Å²) in [5.41, 5.74) is 2.61. The van der Waals surface area contributed by atoms with Crippen LogP contribution in [0.15, 0.2) is 72.8 Å². The second-order valence-corrected chi connectivity index (χ2v) is 8.23. The van der Waals surface area contributed by atoms with Crippen molar-refractivity contribution in [1.82, 2.24) is 0 Å². The zero-order chi connectivity index (χ0) is 22.8. The second kappa shape index (κ2) is 9.58. The highest BCUT2D eigenvalue weighted by molar-refractivity contribution is 6.42. The molecule has 0 aliphatic carbocycles. The van der Waals surface area contributed by atoms with Crippen LogP contribution < -0.4 is 0 Å². The van der Waals surface area contributed by atoms with Crippen molar-refractivity contribution < 1.29 is 29.6 Å². The third-order valence-electron chi connectivity index (χ3n) is 5.31. The van der Waals surface area contributed by atoms with Crippen molar-refractivity contribution in [2.45, 2.75) is 30.7 Å². The third-order valence-corrected chi connectivity index (χ3v) is 6.05. The Morgan fingerprint density at radius 2 is 1.50 bits per heavy atom. The summed E-state index contributed by atoms with van der Waals surface area (Å²) < 4.78 is 11.0. The number of hydrogen-bond donors (Lipinski definition) is 3. The minimum Gasteiger partial charge on any atom is -0.451 e. The van der Waals surface area contributed by atoms with Crippen LogP contribution in [0.5, 0.6) is 0 Å². The monoisotopic (exact) mass is 474 g/mol. The lowest BCUT2D eigenvalue weighted by atomic mass is 9.99. The molecule has 166 valence electrons. The molecule has 3 N–H and O–H groups in total. The number of aliphatic hydroxyl groups is 3. The lowest BCUT2D eigenvalue weighted by Gasteiger charge is -2.26. The smallest absolute Gasteiger partial charge is 0.338 e. The Hall–Kier alpha value is -2.45. The van der Waals surface area contributed by atoms with E-state index >= 15 is 0 Å². The SMILES string of the molecule is O=C(OC(c1ccc(Cl)c(Cl)c1)[C@H]1O[C@@H](O)[C@H](O)[C@@H]1O)c1ccc(-c2ccccc2)cc1. The summed E-state index contributed by atoms with van der Waals surface area (Å²) >= 11 is 12.1. The van der Waals surface area contributed by atoms with Crippen LogP contribution in [0.2, 0.25) is 10.0 Å².